The van der Waals surface area contributed by atoms with Crippen molar-refractivity contribution in [2.24, 2.45) is 0 Å². The number of aryl methyl sites for hydroxylation is 1. The Morgan fingerprint density at radius 2 is 1.78 bits per heavy atom. The summed E-state index contributed by atoms with van der Waals surface area (Å²) in [6.45, 7) is 2.41. The van der Waals surface area contributed by atoms with E-state index in [1.54, 1.807) is 19.2 Å². The number of aromatic nitrogens is 3. The van der Waals surface area contributed by atoms with Crippen molar-refractivity contribution in [1.82, 2.24) is 25.4 Å². The first-order chi connectivity index (χ1) is 15.5. The summed E-state index contributed by atoms with van der Waals surface area (Å²) in [5, 5.41) is 14.3. The average molecular weight is 458 g/mol. The predicted octanol–water partition coefficient (Wildman–Crippen LogP) is 2.29. The number of nitrogens with one attached hydrogen (secondary N) is 2. The lowest BCUT2D eigenvalue weighted by Crippen LogP contribution is -2.36. The van der Waals surface area contributed by atoms with Crippen LogP contribution >= 0.6 is 11.8 Å². The van der Waals surface area contributed by atoms with Crippen molar-refractivity contribution in [3.05, 3.63) is 65.7 Å². The zero-order valence-electron chi connectivity index (χ0n) is 17.8. The number of benzene rings is 2. The molecule has 0 bridgehead atoms. The fraction of sp³-hybridized carbons (Fsp3) is 0.273. The Morgan fingerprint density at radius 1 is 1.06 bits per heavy atom. The predicted molar refractivity (Wildman–Crippen MR) is 119 cm³/mol. The molecule has 2 aromatic carbocycles. The van der Waals surface area contributed by atoms with Gasteiger partial charge in [-0.15, -0.1) is 10.2 Å². The Labute approximate surface area is 189 Å². The van der Waals surface area contributed by atoms with Crippen molar-refractivity contribution in [3.8, 4) is 11.4 Å². The second-order valence-corrected chi connectivity index (χ2v) is 7.80. The van der Waals surface area contributed by atoms with Crippen LogP contribution in [-0.4, -0.2) is 52.5 Å². The van der Waals surface area contributed by atoms with E-state index in [0.29, 0.717) is 23.1 Å². The molecule has 3 aromatic rings. The van der Waals surface area contributed by atoms with Gasteiger partial charge in [-0.1, -0.05) is 23.9 Å². The van der Waals surface area contributed by atoms with Gasteiger partial charge >= 0.3 is 0 Å². The summed E-state index contributed by atoms with van der Waals surface area (Å²) in [7, 11) is 1.61. The number of carbonyl (C=O) groups excluding carboxylic acids is 2. The molecule has 0 saturated heterocycles. The second kappa shape index (κ2) is 11.3. The fourth-order valence-corrected chi connectivity index (χ4v) is 3.77. The van der Waals surface area contributed by atoms with Gasteiger partial charge in [-0.25, -0.2) is 4.39 Å². The van der Waals surface area contributed by atoms with Crippen molar-refractivity contribution in [2.45, 2.75) is 18.5 Å². The van der Waals surface area contributed by atoms with Crippen LogP contribution in [0.4, 0.5) is 4.39 Å². The highest BCUT2D eigenvalue weighted by Crippen LogP contribution is 2.23. The summed E-state index contributed by atoms with van der Waals surface area (Å²) in [6.07, 6.45) is 0.0852. The maximum Gasteiger partial charge on any atom is 0.230 e. The fourth-order valence-electron chi connectivity index (χ4n) is 2.94. The van der Waals surface area contributed by atoms with E-state index in [4.69, 9.17) is 4.74 Å². The first kappa shape index (κ1) is 23.3. The summed E-state index contributed by atoms with van der Waals surface area (Å²) < 4.78 is 20.2. The standard InChI is InChI=1S/C22H24FN5O3S/c1-15-26-27-22(28(15)18-6-8-19(31-2)9-7-18)32-14-21(30)25-11-10-24-20(29)13-16-4-3-5-17(23)12-16/h3-9,12H,10-11,13-14H2,1-2H3,(H,24,29)(H,25,30). The number of halogens is 1. The molecule has 2 N–H and O–H groups in total. The van der Waals surface area contributed by atoms with Crippen LogP contribution < -0.4 is 15.4 Å². The van der Waals surface area contributed by atoms with Gasteiger partial charge in [0.2, 0.25) is 11.8 Å². The van der Waals surface area contributed by atoms with Crippen LogP contribution in [0, 0.1) is 12.7 Å². The number of hydrogen-bond acceptors (Lipinski definition) is 6. The highest BCUT2D eigenvalue weighted by molar-refractivity contribution is 7.99. The third-order valence-electron chi connectivity index (χ3n) is 4.48. The Hall–Kier alpha value is -3.40. The normalized spacial score (nSPS) is 10.6. The molecule has 0 aliphatic rings. The topological polar surface area (TPSA) is 98.1 Å². The lowest BCUT2D eigenvalue weighted by atomic mass is 10.1. The van der Waals surface area contributed by atoms with Gasteiger partial charge in [0, 0.05) is 18.8 Å². The second-order valence-electron chi connectivity index (χ2n) is 6.86. The van der Waals surface area contributed by atoms with Gasteiger partial charge in [0.1, 0.15) is 17.4 Å². The summed E-state index contributed by atoms with van der Waals surface area (Å²) in [4.78, 5) is 24.1. The molecule has 32 heavy (non-hydrogen) atoms. The van der Waals surface area contributed by atoms with E-state index in [1.165, 1.54) is 23.9 Å². The molecular weight excluding hydrogens is 433 g/mol. The molecule has 2 amide bonds. The first-order valence-electron chi connectivity index (χ1n) is 9.93. The quantitative estimate of drug-likeness (QED) is 0.358. The molecule has 8 nitrogen and oxygen atoms in total. The smallest absolute Gasteiger partial charge is 0.230 e. The molecule has 10 heteroatoms. The number of thioether (sulfide) groups is 1. The van der Waals surface area contributed by atoms with E-state index in [0.717, 1.165) is 11.4 Å². The molecule has 168 valence electrons. The molecule has 0 fully saturated rings. The molecule has 0 unspecified atom stereocenters. The van der Waals surface area contributed by atoms with Crippen molar-refractivity contribution in [1.29, 1.82) is 0 Å². The van der Waals surface area contributed by atoms with E-state index in [1.807, 2.05) is 35.8 Å². The van der Waals surface area contributed by atoms with Gasteiger partial charge in [-0.3, -0.25) is 14.2 Å². The molecular formula is C22H24FN5O3S. The van der Waals surface area contributed by atoms with Gasteiger partial charge in [0.15, 0.2) is 5.16 Å². The first-order valence-corrected chi connectivity index (χ1v) is 10.9. The van der Waals surface area contributed by atoms with E-state index in [2.05, 4.69) is 20.8 Å². The highest BCUT2D eigenvalue weighted by atomic mass is 32.2. The maximum absolute atomic E-state index is 13.2. The van der Waals surface area contributed by atoms with Crippen LogP contribution in [0.2, 0.25) is 0 Å². The van der Waals surface area contributed by atoms with Gasteiger partial charge in [-0.2, -0.15) is 0 Å². The summed E-state index contributed by atoms with van der Waals surface area (Å²) >= 11 is 1.27. The van der Waals surface area contributed by atoms with Crippen molar-refractivity contribution < 1.29 is 18.7 Å². The van der Waals surface area contributed by atoms with Crippen molar-refractivity contribution >= 4 is 23.6 Å². The van der Waals surface area contributed by atoms with Gasteiger partial charge in [0.05, 0.1) is 19.3 Å². The van der Waals surface area contributed by atoms with Crippen LogP contribution in [-0.2, 0) is 16.0 Å². The Bertz CT molecular complexity index is 1070. The minimum atomic E-state index is -0.377. The lowest BCUT2D eigenvalue weighted by Gasteiger charge is -2.10. The Kier molecular flexibility index (Phi) is 8.20. The van der Waals surface area contributed by atoms with Crippen LogP contribution in [0.3, 0.4) is 0 Å². The van der Waals surface area contributed by atoms with Gasteiger partial charge < -0.3 is 15.4 Å². The van der Waals surface area contributed by atoms with Crippen molar-refractivity contribution in [2.75, 3.05) is 26.0 Å². The number of amides is 2. The monoisotopic (exact) mass is 457 g/mol. The van der Waals surface area contributed by atoms with Crippen LogP contribution in [0.25, 0.3) is 5.69 Å². The molecule has 1 heterocycles. The number of ether oxygens (including phenoxy) is 1. The van der Waals surface area contributed by atoms with Gasteiger partial charge in [-0.05, 0) is 48.9 Å². The molecule has 0 atom stereocenters. The summed E-state index contributed by atoms with van der Waals surface area (Å²) in [6, 6.07) is 13.4. The molecule has 0 radical (unpaired) electrons. The van der Waals surface area contributed by atoms with Crippen LogP contribution in [0.1, 0.15) is 11.4 Å². The summed E-state index contributed by atoms with van der Waals surface area (Å²) in [5.74, 6) is 0.817. The minimum absolute atomic E-state index is 0.0852. The van der Waals surface area contributed by atoms with E-state index in [9.17, 15) is 14.0 Å². The molecule has 0 saturated carbocycles. The van der Waals surface area contributed by atoms with E-state index < -0.39 is 0 Å². The number of nitrogens with zero attached hydrogens (tertiary/aromatic N) is 3. The van der Waals surface area contributed by atoms with Crippen LogP contribution in [0.15, 0.2) is 53.7 Å². The Morgan fingerprint density at radius 3 is 2.47 bits per heavy atom. The number of methoxy groups -OCH3 is 1. The SMILES string of the molecule is COc1ccc(-n2c(C)nnc2SCC(=O)NCCNC(=O)Cc2cccc(F)c2)cc1. The maximum atomic E-state index is 13.2. The molecule has 0 spiro atoms. The number of hydrogen-bond donors (Lipinski definition) is 2. The average Bonchev–Trinajstić information content (AvgIpc) is 3.15. The Balaban J connectivity index is 1.42. The van der Waals surface area contributed by atoms with E-state index in [-0.39, 0.29) is 36.4 Å². The highest BCUT2D eigenvalue weighted by Gasteiger charge is 2.13. The molecule has 3 rings (SSSR count). The third-order valence-corrected chi connectivity index (χ3v) is 5.41. The molecule has 0 aliphatic heterocycles. The minimum Gasteiger partial charge on any atom is -0.497 e. The number of carbonyl (C=O) groups is 2. The number of rotatable bonds is 10. The molecule has 1 aromatic heterocycles. The zero-order chi connectivity index (χ0) is 22.9. The van der Waals surface area contributed by atoms with Gasteiger partial charge in [0.25, 0.3) is 0 Å². The van der Waals surface area contributed by atoms with Crippen LogP contribution in [0.5, 0.6) is 5.75 Å². The lowest BCUT2D eigenvalue weighted by molar-refractivity contribution is -0.121. The van der Waals surface area contributed by atoms with E-state index >= 15 is 0 Å². The summed E-state index contributed by atoms with van der Waals surface area (Å²) in [5.41, 5.74) is 1.47. The molecule has 0 aliphatic carbocycles. The largest absolute Gasteiger partial charge is 0.497 e. The zero-order valence-corrected chi connectivity index (χ0v) is 18.6. The van der Waals surface area contributed by atoms with Crippen molar-refractivity contribution in [3.63, 3.8) is 0 Å². The third kappa shape index (κ3) is 6.55.